The molecule has 0 aliphatic carbocycles. The van der Waals surface area contributed by atoms with Gasteiger partial charge in [-0.05, 0) is 67.0 Å². The van der Waals surface area contributed by atoms with Crippen LogP contribution >= 0.6 is 0 Å². The standard InChI is InChI=1S/C29H33N3O5/c1-18(2)22-8-3-4-9-24(22)29(36)31-14-6-5-7-20(31)17-37-21-10-11-23-19(15-21)16-32(28(23)35)25-12-13-26(33)30-27(25)34/h3-4,8-11,15,18,20,25H,5-7,12-14,16-17H2,1-2H3,(H,30,33,34)/t20-,25?/m0/s1. The topological polar surface area (TPSA) is 96.0 Å². The molecule has 8 heteroatoms. The predicted octanol–water partition coefficient (Wildman–Crippen LogP) is 3.64. The van der Waals surface area contributed by atoms with Crippen LogP contribution < -0.4 is 10.1 Å². The van der Waals surface area contributed by atoms with Crippen molar-refractivity contribution in [1.29, 1.82) is 0 Å². The molecule has 0 aromatic heterocycles. The van der Waals surface area contributed by atoms with E-state index in [0.717, 1.165) is 36.0 Å². The summed E-state index contributed by atoms with van der Waals surface area (Å²) >= 11 is 0. The van der Waals surface area contributed by atoms with E-state index >= 15 is 0 Å². The van der Waals surface area contributed by atoms with Crippen LogP contribution in [0.5, 0.6) is 5.75 Å². The number of nitrogens with zero attached hydrogens (tertiary/aromatic N) is 2. The van der Waals surface area contributed by atoms with Crippen LogP contribution in [0.3, 0.4) is 0 Å². The Kier molecular flexibility index (Phi) is 7.00. The summed E-state index contributed by atoms with van der Waals surface area (Å²) in [6.07, 6.45) is 3.46. The Morgan fingerprint density at radius 2 is 1.89 bits per heavy atom. The van der Waals surface area contributed by atoms with Gasteiger partial charge in [0, 0.05) is 30.6 Å². The molecule has 4 amide bonds. The first-order valence-corrected chi connectivity index (χ1v) is 13.1. The van der Waals surface area contributed by atoms with Gasteiger partial charge in [0.25, 0.3) is 11.8 Å². The van der Waals surface area contributed by atoms with Gasteiger partial charge in [0.05, 0.1) is 6.04 Å². The average Bonchev–Trinajstić information content (AvgIpc) is 3.22. The van der Waals surface area contributed by atoms with Crippen LogP contribution in [-0.4, -0.2) is 58.7 Å². The number of imide groups is 1. The van der Waals surface area contributed by atoms with Crippen molar-refractivity contribution in [2.75, 3.05) is 13.2 Å². The summed E-state index contributed by atoms with van der Waals surface area (Å²) in [5.74, 6) is 0.0192. The summed E-state index contributed by atoms with van der Waals surface area (Å²) in [6.45, 7) is 5.58. The Balaban J connectivity index is 1.27. The van der Waals surface area contributed by atoms with Crippen LogP contribution in [-0.2, 0) is 16.1 Å². The van der Waals surface area contributed by atoms with E-state index in [4.69, 9.17) is 4.74 Å². The molecule has 0 spiro atoms. The number of likely N-dealkylation sites (tertiary alicyclic amines) is 1. The van der Waals surface area contributed by atoms with E-state index < -0.39 is 11.9 Å². The summed E-state index contributed by atoms with van der Waals surface area (Å²) in [4.78, 5) is 53.8. The van der Waals surface area contributed by atoms with Crippen molar-refractivity contribution in [1.82, 2.24) is 15.1 Å². The number of carbonyl (C=O) groups excluding carboxylic acids is 4. The van der Waals surface area contributed by atoms with Gasteiger partial charge in [0.1, 0.15) is 18.4 Å². The number of amides is 4. The number of ether oxygens (including phenoxy) is 1. The molecule has 3 aliphatic rings. The SMILES string of the molecule is CC(C)c1ccccc1C(=O)N1CCCC[C@H]1COc1ccc2c(c1)CN(C1CCC(=O)NC1=O)C2=O. The molecule has 0 bridgehead atoms. The van der Waals surface area contributed by atoms with E-state index in [1.54, 1.807) is 12.1 Å². The number of nitrogens with one attached hydrogen (secondary N) is 1. The highest BCUT2D eigenvalue weighted by Crippen LogP contribution is 2.31. The molecule has 3 heterocycles. The van der Waals surface area contributed by atoms with Gasteiger partial charge in [0.2, 0.25) is 11.8 Å². The molecule has 5 rings (SSSR count). The number of hydrogen-bond donors (Lipinski definition) is 1. The zero-order chi connectivity index (χ0) is 26.1. The monoisotopic (exact) mass is 503 g/mol. The molecule has 0 saturated carbocycles. The number of carbonyl (C=O) groups is 4. The summed E-state index contributed by atoms with van der Waals surface area (Å²) in [6, 6.07) is 12.5. The molecule has 1 N–H and O–H groups in total. The van der Waals surface area contributed by atoms with Crippen LogP contribution in [0.4, 0.5) is 0 Å². The summed E-state index contributed by atoms with van der Waals surface area (Å²) < 4.78 is 6.17. The van der Waals surface area contributed by atoms with Crippen LogP contribution in [0.2, 0.25) is 0 Å². The first-order valence-electron chi connectivity index (χ1n) is 13.1. The van der Waals surface area contributed by atoms with Gasteiger partial charge < -0.3 is 14.5 Å². The molecule has 1 unspecified atom stereocenters. The molecule has 2 atom stereocenters. The molecule has 37 heavy (non-hydrogen) atoms. The van der Waals surface area contributed by atoms with Gasteiger partial charge in [-0.2, -0.15) is 0 Å². The van der Waals surface area contributed by atoms with E-state index in [2.05, 4.69) is 19.2 Å². The maximum Gasteiger partial charge on any atom is 0.255 e. The van der Waals surface area contributed by atoms with Crippen molar-refractivity contribution in [2.45, 2.75) is 70.5 Å². The maximum absolute atomic E-state index is 13.5. The van der Waals surface area contributed by atoms with Crippen molar-refractivity contribution < 1.29 is 23.9 Å². The molecule has 2 aromatic rings. The van der Waals surface area contributed by atoms with Crippen molar-refractivity contribution in [3.8, 4) is 5.75 Å². The number of piperidine rings is 2. The highest BCUT2D eigenvalue weighted by atomic mass is 16.5. The van der Waals surface area contributed by atoms with Crippen LogP contribution in [0, 0.1) is 0 Å². The zero-order valence-corrected chi connectivity index (χ0v) is 21.4. The minimum atomic E-state index is -0.641. The Morgan fingerprint density at radius 1 is 1.08 bits per heavy atom. The number of benzene rings is 2. The molecule has 194 valence electrons. The minimum Gasteiger partial charge on any atom is -0.491 e. The summed E-state index contributed by atoms with van der Waals surface area (Å²) in [7, 11) is 0. The first-order chi connectivity index (χ1) is 17.8. The van der Waals surface area contributed by atoms with Crippen molar-refractivity contribution in [3.05, 3.63) is 64.7 Å². The third-order valence-electron chi connectivity index (χ3n) is 7.64. The molecule has 8 nitrogen and oxygen atoms in total. The van der Waals surface area contributed by atoms with Gasteiger partial charge in [-0.15, -0.1) is 0 Å². The lowest BCUT2D eigenvalue weighted by Gasteiger charge is -2.36. The quantitative estimate of drug-likeness (QED) is 0.607. The van der Waals surface area contributed by atoms with E-state index in [1.807, 2.05) is 35.2 Å². The normalized spacial score (nSPS) is 21.8. The fraction of sp³-hybridized carbons (Fsp3) is 0.448. The van der Waals surface area contributed by atoms with Crippen LogP contribution in [0.1, 0.15) is 83.7 Å². The maximum atomic E-state index is 13.5. The fourth-order valence-electron chi connectivity index (χ4n) is 5.62. The number of hydrogen-bond acceptors (Lipinski definition) is 5. The number of rotatable bonds is 6. The Labute approximate surface area is 217 Å². The fourth-order valence-corrected chi connectivity index (χ4v) is 5.62. The number of fused-ring (bicyclic) bond motifs is 1. The van der Waals surface area contributed by atoms with E-state index in [9.17, 15) is 19.2 Å². The van der Waals surface area contributed by atoms with Crippen molar-refractivity contribution in [2.24, 2.45) is 0 Å². The Hall–Kier alpha value is -3.68. The van der Waals surface area contributed by atoms with E-state index in [-0.39, 0.29) is 36.1 Å². The predicted molar refractivity (Wildman–Crippen MR) is 137 cm³/mol. The van der Waals surface area contributed by atoms with Crippen molar-refractivity contribution >= 4 is 23.6 Å². The van der Waals surface area contributed by atoms with Gasteiger partial charge in [-0.1, -0.05) is 32.0 Å². The molecular formula is C29H33N3O5. The molecular weight excluding hydrogens is 470 g/mol. The lowest BCUT2D eigenvalue weighted by molar-refractivity contribution is -0.136. The average molecular weight is 504 g/mol. The first kappa shape index (κ1) is 25.0. The molecule has 0 radical (unpaired) electrons. The van der Waals surface area contributed by atoms with Crippen LogP contribution in [0.15, 0.2) is 42.5 Å². The third-order valence-corrected chi connectivity index (χ3v) is 7.64. The second-order valence-corrected chi connectivity index (χ2v) is 10.4. The Morgan fingerprint density at radius 3 is 2.68 bits per heavy atom. The third kappa shape index (κ3) is 4.97. The summed E-state index contributed by atoms with van der Waals surface area (Å²) in [5, 5.41) is 2.33. The Bertz CT molecular complexity index is 1240. The molecule has 3 aliphatic heterocycles. The van der Waals surface area contributed by atoms with Crippen LogP contribution in [0.25, 0.3) is 0 Å². The highest BCUT2D eigenvalue weighted by Gasteiger charge is 2.39. The second kappa shape index (κ2) is 10.4. The van der Waals surface area contributed by atoms with Gasteiger partial charge in [0.15, 0.2) is 0 Å². The van der Waals surface area contributed by atoms with E-state index in [0.29, 0.717) is 37.4 Å². The zero-order valence-electron chi connectivity index (χ0n) is 21.4. The van der Waals surface area contributed by atoms with Gasteiger partial charge in [-0.3, -0.25) is 24.5 Å². The van der Waals surface area contributed by atoms with Crippen molar-refractivity contribution in [3.63, 3.8) is 0 Å². The lowest BCUT2D eigenvalue weighted by atomic mass is 9.94. The minimum absolute atomic E-state index is 0.0312. The lowest BCUT2D eigenvalue weighted by Crippen LogP contribution is -2.52. The van der Waals surface area contributed by atoms with E-state index in [1.165, 1.54) is 4.90 Å². The summed E-state index contributed by atoms with van der Waals surface area (Å²) in [5.41, 5.74) is 3.17. The van der Waals surface area contributed by atoms with Gasteiger partial charge in [-0.25, -0.2) is 0 Å². The highest BCUT2D eigenvalue weighted by molar-refractivity contribution is 6.05. The van der Waals surface area contributed by atoms with Gasteiger partial charge >= 0.3 is 0 Å². The molecule has 2 saturated heterocycles. The molecule has 2 aromatic carbocycles. The largest absolute Gasteiger partial charge is 0.491 e. The molecule has 2 fully saturated rings. The second-order valence-electron chi connectivity index (χ2n) is 10.4. The smallest absolute Gasteiger partial charge is 0.255 e.